The molecule has 0 aliphatic carbocycles. The monoisotopic (exact) mass is 272 g/mol. The van der Waals surface area contributed by atoms with Crippen molar-refractivity contribution in [2.75, 3.05) is 13.1 Å². The highest BCUT2D eigenvalue weighted by Crippen LogP contribution is 2.22. The maximum absolute atomic E-state index is 11.9. The van der Waals surface area contributed by atoms with Gasteiger partial charge in [0, 0.05) is 31.4 Å². The molecule has 0 aromatic carbocycles. The van der Waals surface area contributed by atoms with Gasteiger partial charge in [-0.2, -0.15) is 0 Å². The van der Waals surface area contributed by atoms with Gasteiger partial charge < -0.3 is 25.3 Å². The number of amides is 1. The average Bonchev–Trinajstić information content (AvgIpc) is 2.26. The Morgan fingerprint density at radius 2 is 1.89 bits per heavy atom. The fraction of sp³-hybridized carbons (Fsp3) is 0.846. The molecule has 0 bridgehead atoms. The van der Waals surface area contributed by atoms with Gasteiger partial charge in [0.15, 0.2) is 0 Å². The zero-order valence-electron chi connectivity index (χ0n) is 12.0. The molecule has 0 saturated carbocycles. The van der Waals surface area contributed by atoms with Gasteiger partial charge in [-0.15, -0.1) is 0 Å². The van der Waals surface area contributed by atoms with Crippen LogP contribution in [0.1, 0.15) is 40.0 Å². The highest BCUT2D eigenvalue weighted by Gasteiger charge is 2.30. The van der Waals surface area contributed by atoms with Crippen molar-refractivity contribution in [1.29, 1.82) is 0 Å². The highest BCUT2D eigenvalue weighted by molar-refractivity contribution is 5.68. The molecule has 0 aromatic rings. The number of hydrogen-bond donors (Lipinski definition) is 1. The molecule has 19 heavy (non-hydrogen) atoms. The lowest BCUT2D eigenvalue weighted by Gasteiger charge is -2.34. The summed E-state index contributed by atoms with van der Waals surface area (Å²) >= 11 is 0. The zero-order valence-corrected chi connectivity index (χ0v) is 12.0. The maximum atomic E-state index is 11.9. The van der Waals surface area contributed by atoms with E-state index < -0.39 is 11.6 Å². The Bertz CT molecular complexity index is 330. The van der Waals surface area contributed by atoms with Crippen LogP contribution in [0.15, 0.2) is 0 Å². The van der Waals surface area contributed by atoms with Crippen molar-refractivity contribution in [2.45, 2.75) is 51.7 Å². The van der Waals surface area contributed by atoms with Crippen LogP contribution in [0, 0.1) is 5.92 Å². The van der Waals surface area contributed by atoms with Gasteiger partial charge >= 0.3 is 6.09 Å². The SMILES string of the molecule is CC(C)(C)OC(=O)N1CCC([C@H]([NH3+])CC(=O)[O-])CC1. The molecule has 0 unspecified atom stereocenters. The topological polar surface area (TPSA) is 97.3 Å². The standard InChI is InChI=1S/C13H24N2O4/c1-13(2,3)19-12(18)15-6-4-9(5-7-15)10(14)8-11(16)17/h9-10H,4-8,14H2,1-3H3,(H,16,17)/t10-/m1/s1. The van der Waals surface area contributed by atoms with E-state index in [1.807, 2.05) is 20.8 Å². The van der Waals surface area contributed by atoms with Gasteiger partial charge in [0.2, 0.25) is 0 Å². The van der Waals surface area contributed by atoms with Gasteiger partial charge in [-0.25, -0.2) is 4.79 Å². The molecule has 1 aliphatic heterocycles. The number of carboxylic acids is 1. The summed E-state index contributed by atoms with van der Waals surface area (Å²) in [4.78, 5) is 24.1. The summed E-state index contributed by atoms with van der Waals surface area (Å²) in [6.45, 7) is 6.70. The predicted molar refractivity (Wildman–Crippen MR) is 66.8 cm³/mol. The molecule has 0 spiro atoms. The smallest absolute Gasteiger partial charge is 0.410 e. The number of ether oxygens (including phenoxy) is 1. The van der Waals surface area contributed by atoms with Crippen molar-refractivity contribution in [3.8, 4) is 0 Å². The van der Waals surface area contributed by atoms with Crippen LogP contribution in [0.2, 0.25) is 0 Å². The fourth-order valence-electron chi connectivity index (χ4n) is 2.26. The van der Waals surface area contributed by atoms with Gasteiger partial charge in [-0.05, 0) is 33.6 Å². The van der Waals surface area contributed by atoms with Crippen LogP contribution in [-0.4, -0.2) is 41.7 Å². The van der Waals surface area contributed by atoms with Crippen molar-refractivity contribution in [3.63, 3.8) is 0 Å². The number of aliphatic carboxylic acids is 1. The molecule has 6 heteroatoms. The molecule has 0 aromatic heterocycles. The van der Waals surface area contributed by atoms with E-state index in [0.717, 1.165) is 12.8 Å². The van der Waals surface area contributed by atoms with Gasteiger partial charge in [0.05, 0.1) is 6.04 Å². The number of carboxylic acid groups (broad SMARTS) is 1. The lowest BCUT2D eigenvalue weighted by Crippen LogP contribution is -2.66. The van der Waals surface area contributed by atoms with E-state index in [2.05, 4.69) is 5.73 Å². The predicted octanol–water partition coefficient (Wildman–Crippen LogP) is -0.616. The number of hydrogen-bond acceptors (Lipinski definition) is 4. The van der Waals surface area contributed by atoms with E-state index in [1.165, 1.54) is 0 Å². The molecular formula is C13H24N2O4. The average molecular weight is 272 g/mol. The van der Waals surface area contributed by atoms with E-state index in [1.54, 1.807) is 4.90 Å². The molecule has 0 radical (unpaired) electrons. The highest BCUT2D eigenvalue weighted by atomic mass is 16.6. The van der Waals surface area contributed by atoms with Gasteiger partial charge in [-0.3, -0.25) is 0 Å². The summed E-state index contributed by atoms with van der Waals surface area (Å²) in [6, 6.07) is -0.147. The quantitative estimate of drug-likeness (QED) is 0.740. The largest absolute Gasteiger partial charge is 0.550 e. The van der Waals surface area contributed by atoms with Crippen molar-refractivity contribution < 1.29 is 25.2 Å². The molecule has 3 N–H and O–H groups in total. The Labute approximate surface area is 113 Å². The first-order valence-electron chi connectivity index (χ1n) is 6.70. The Hall–Kier alpha value is -1.30. The second kappa shape index (κ2) is 6.23. The second-order valence-electron chi connectivity index (χ2n) is 6.14. The first-order valence-corrected chi connectivity index (χ1v) is 6.70. The van der Waals surface area contributed by atoms with E-state index in [4.69, 9.17) is 4.74 Å². The lowest BCUT2D eigenvalue weighted by atomic mass is 9.88. The molecular weight excluding hydrogens is 248 g/mol. The fourth-order valence-corrected chi connectivity index (χ4v) is 2.26. The third kappa shape index (κ3) is 5.46. The number of likely N-dealkylation sites (tertiary alicyclic amines) is 1. The summed E-state index contributed by atoms with van der Waals surface area (Å²) in [5.41, 5.74) is 3.39. The number of piperidine rings is 1. The minimum absolute atomic E-state index is 0.0168. The molecule has 1 aliphatic rings. The number of carbonyl (C=O) groups is 2. The molecule has 1 rings (SSSR count). The van der Waals surface area contributed by atoms with Crippen LogP contribution in [0.3, 0.4) is 0 Å². The Morgan fingerprint density at radius 3 is 2.32 bits per heavy atom. The first kappa shape index (κ1) is 15.8. The Morgan fingerprint density at radius 1 is 1.37 bits per heavy atom. The van der Waals surface area contributed by atoms with Gasteiger partial charge in [0.1, 0.15) is 5.60 Å². The van der Waals surface area contributed by atoms with Crippen LogP contribution in [-0.2, 0) is 9.53 Å². The summed E-state index contributed by atoms with van der Waals surface area (Å²) in [5, 5.41) is 10.5. The minimum Gasteiger partial charge on any atom is -0.550 e. The van der Waals surface area contributed by atoms with Crippen LogP contribution in [0.25, 0.3) is 0 Å². The van der Waals surface area contributed by atoms with E-state index in [-0.39, 0.29) is 24.5 Å². The number of nitrogens with zero attached hydrogens (tertiary/aromatic N) is 1. The molecule has 1 saturated heterocycles. The molecule has 1 fully saturated rings. The molecule has 1 heterocycles. The van der Waals surface area contributed by atoms with Crippen molar-refractivity contribution >= 4 is 12.1 Å². The van der Waals surface area contributed by atoms with Crippen molar-refractivity contribution in [3.05, 3.63) is 0 Å². The van der Waals surface area contributed by atoms with Crippen LogP contribution < -0.4 is 10.8 Å². The van der Waals surface area contributed by atoms with E-state index >= 15 is 0 Å². The van der Waals surface area contributed by atoms with E-state index in [0.29, 0.717) is 13.1 Å². The zero-order chi connectivity index (χ0) is 14.6. The summed E-state index contributed by atoms with van der Waals surface area (Å²) in [5.74, 6) is -0.828. The van der Waals surface area contributed by atoms with Crippen LogP contribution >= 0.6 is 0 Å². The maximum Gasteiger partial charge on any atom is 0.410 e. The Balaban J connectivity index is 2.40. The van der Waals surface area contributed by atoms with Gasteiger partial charge in [-0.1, -0.05) is 0 Å². The van der Waals surface area contributed by atoms with Crippen molar-refractivity contribution in [2.24, 2.45) is 5.92 Å². The van der Waals surface area contributed by atoms with Crippen LogP contribution in [0.4, 0.5) is 4.79 Å². The number of carbonyl (C=O) groups excluding carboxylic acids is 2. The lowest BCUT2D eigenvalue weighted by molar-refractivity contribution is -0.438. The van der Waals surface area contributed by atoms with Gasteiger partial charge in [0.25, 0.3) is 0 Å². The number of quaternary nitrogens is 1. The number of rotatable bonds is 3. The van der Waals surface area contributed by atoms with Crippen LogP contribution in [0.5, 0.6) is 0 Å². The normalized spacial score (nSPS) is 19.1. The summed E-state index contributed by atoms with van der Waals surface area (Å²) < 4.78 is 5.30. The van der Waals surface area contributed by atoms with E-state index in [9.17, 15) is 14.7 Å². The third-order valence-corrected chi connectivity index (χ3v) is 3.29. The Kier molecular flexibility index (Phi) is 5.17. The molecule has 1 amide bonds. The molecule has 1 atom stereocenters. The molecule has 110 valence electrons. The summed E-state index contributed by atoms with van der Waals surface area (Å²) in [7, 11) is 0. The first-order chi connectivity index (χ1) is 8.69. The second-order valence-corrected chi connectivity index (χ2v) is 6.14. The van der Waals surface area contributed by atoms with Crippen molar-refractivity contribution in [1.82, 2.24) is 4.90 Å². The molecule has 6 nitrogen and oxygen atoms in total. The minimum atomic E-state index is -1.06. The summed E-state index contributed by atoms with van der Waals surface area (Å²) in [6.07, 6.45) is 1.21. The third-order valence-electron chi connectivity index (χ3n) is 3.29.